The van der Waals surface area contributed by atoms with Gasteiger partial charge in [0.2, 0.25) is 0 Å². The number of aromatic nitrogens is 2. The van der Waals surface area contributed by atoms with Crippen molar-refractivity contribution in [3.63, 3.8) is 0 Å². The van der Waals surface area contributed by atoms with Gasteiger partial charge in [-0.2, -0.15) is 0 Å². The number of aromatic amines is 1. The fraction of sp³-hybridized carbons (Fsp3) is 0.667. The molecule has 1 rings (SSSR count). The zero-order chi connectivity index (χ0) is 20.5. The van der Waals surface area contributed by atoms with Gasteiger partial charge >= 0.3 is 13.3 Å². The topological polar surface area (TPSA) is 111 Å². The summed E-state index contributed by atoms with van der Waals surface area (Å²) < 4.78 is 24.1. The summed E-state index contributed by atoms with van der Waals surface area (Å²) in [5.41, 5.74) is -1.22. The van der Waals surface area contributed by atoms with E-state index in [1.807, 2.05) is 13.8 Å². The van der Waals surface area contributed by atoms with E-state index in [9.17, 15) is 19.0 Å². The van der Waals surface area contributed by atoms with E-state index in [0.29, 0.717) is 18.9 Å². The Morgan fingerprint density at radius 3 is 2.63 bits per heavy atom. The molecule has 8 nitrogen and oxygen atoms in total. The van der Waals surface area contributed by atoms with Gasteiger partial charge in [-0.25, -0.2) is 4.79 Å². The lowest BCUT2D eigenvalue weighted by molar-refractivity contribution is -0.0351. The zero-order valence-corrected chi connectivity index (χ0v) is 17.4. The van der Waals surface area contributed by atoms with Gasteiger partial charge < -0.3 is 14.2 Å². The fourth-order valence-corrected chi connectivity index (χ4v) is 3.63. The number of allylic oxidation sites excluding steroid dienone is 2. The predicted molar refractivity (Wildman–Crippen MR) is 105 cm³/mol. The van der Waals surface area contributed by atoms with Crippen molar-refractivity contribution in [2.45, 2.75) is 52.7 Å². The first-order valence-corrected chi connectivity index (χ1v) is 10.8. The summed E-state index contributed by atoms with van der Waals surface area (Å²) in [6, 6.07) is 1.24. The first-order chi connectivity index (χ1) is 12.5. The second-order valence-corrected chi connectivity index (χ2v) is 9.35. The Bertz CT molecular complexity index is 766. The number of rotatable bonds is 12. The highest BCUT2D eigenvalue weighted by molar-refractivity contribution is 7.53. The summed E-state index contributed by atoms with van der Waals surface area (Å²) in [6.45, 7) is 9.12. The lowest BCUT2D eigenvalue weighted by atomic mass is 9.96. The number of ether oxygens (including phenoxy) is 1. The molecular weight excluding hydrogens is 371 g/mol. The van der Waals surface area contributed by atoms with Crippen molar-refractivity contribution in [3.05, 3.63) is 45.3 Å². The van der Waals surface area contributed by atoms with Crippen LogP contribution >= 0.6 is 7.60 Å². The summed E-state index contributed by atoms with van der Waals surface area (Å²) in [6.07, 6.45) is 5.74. The lowest BCUT2D eigenvalue weighted by Gasteiger charge is -2.27. The van der Waals surface area contributed by atoms with E-state index in [1.54, 1.807) is 6.08 Å². The molecular formula is C18H31N2O6P. The molecule has 27 heavy (non-hydrogen) atoms. The van der Waals surface area contributed by atoms with Crippen LogP contribution in [0, 0.1) is 5.92 Å². The third-order valence-electron chi connectivity index (χ3n) is 3.68. The second-order valence-electron chi connectivity index (χ2n) is 7.45. The van der Waals surface area contributed by atoms with E-state index in [0.717, 1.165) is 6.42 Å². The van der Waals surface area contributed by atoms with Crippen molar-refractivity contribution >= 4 is 7.60 Å². The minimum Gasteiger partial charge on any atom is -0.375 e. The minimum absolute atomic E-state index is 0.138. The molecule has 0 aliphatic heterocycles. The van der Waals surface area contributed by atoms with E-state index in [-0.39, 0.29) is 24.9 Å². The number of nitrogens with one attached hydrogen (secondary N) is 1. The average molecular weight is 402 g/mol. The van der Waals surface area contributed by atoms with Crippen LogP contribution in [0.25, 0.3) is 0 Å². The maximum atomic E-state index is 12.0. The van der Waals surface area contributed by atoms with Crippen molar-refractivity contribution in [2.75, 3.05) is 19.4 Å². The summed E-state index contributed by atoms with van der Waals surface area (Å²) in [4.78, 5) is 34.4. The number of hydrogen-bond acceptors (Lipinski definition) is 5. The number of H-pyrrole nitrogens is 1. The molecule has 0 bridgehead atoms. The van der Waals surface area contributed by atoms with Gasteiger partial charge in [0.15, 0.2) is 0 Å². The highest BCUT2D eigenvalue weighted by atomic mass is 31.2. The SMILES string of the molecule is CC(C)CC(C)(C)OCCCOP(=O)(O)C/C=C/Cn1ccc(=O)[nH]c1=O. The molecule has 0 saturated carbocycles. The molecule has 1 atom stereocenters. The third-order valence-corrected chi connectivity index (χ3v) is 4.93. The summed E-state index contributed by atoms with van der Waals surface area (Å²) >= 11 is 0. The van der Waals surface area contributed by atoms with Gasteiger partial charge in [0, 0.05) is 25.4 Å². The molecule has 0 aliphatic carbocycles. The van der Waals surface area contributed by atoms with Crippen LogP contribution in [0.5, 0.6) is 0 Å². The Morgan fingerprint density at radius 2 is 2.00 bits per heavy atom. The van der Waals surface area contributed by atoms with Gasteiger partial charge in [-0.3, -0.25) is 18.9 Å². The van der Waals surface area contributed by atoms with Crippen LogP contribution in [-0.2, 0) is 20.4 Å². The molecule has 0 aliphatic rings. The van der Waals surface area contributed by atoms with E-state index >= 15 is 0 Å². The molecule has 1 heterocycles. The van der Waals surface area contributed by atoms with E-state index in [4.69, 9.17) is 9.26 Å². The Kier molecular flexibility index (Phi) is 9.39. The maximum absolute atomic E-state index is 12.0. The summed E-state index contributed by atoms with van der Waals surface area (Å²) in [5, 5.41) is 0. The van der Waals surface area contributed by atoms with E-state index in [2.05, 4.69) is 18.8 Å². The van der Waals surface area contributed by atoms with Gasteiger partial charge in [0.05, 0.1) is 18.4 Å². The van der Waals surface area contributed by atoms with Crippen LogP contribution in [0.2, 0.25) is 0 Å². The zero-order valence-electron chi connectivity index (χ0n) is 16.5. The van der Waals surface area contributed by atoms with Crippen molar-refractivity contribution in [3.8, 4) is 0 Å². The van der Waals surface area contributed by atoms with Crippen molar-refractivity contribution in [2.24, 2.45) is 5.92 Å². The van der Waals surface area contributed by atoms with E-state index < -0.39 is 18.8 Å². The first-order valence-electron chi connectivity index (χ1n) is 9.06. The lowest BCUT2D eigenvalue weighted by Crippen LogP contribution is -2.28. The average Bonchev–Trinajstić information content (AvgIpc) is 2.51. The maximum Gasteiger partial charge on any atom is 0.331 e. The Hall–Kier alpha value is -1.47. The second kappa shape index (κ2) is 10.8. The standard InChI is InChI=1S/C18H31N2O6P/c1-15(2)14-18(3,4)25-11-7-12-26-27(23,24)13-6-5-9-20-10-8-16(21)19-17(20)22/h5-6,8,10,15H,7,9,11-14H2,1-4H3,(H,23,24)(H,19,21,22)/b6-5+. The van der Waals surface area contributed by atoms with Gasteiger partial charge in [-0.1, -0.05) is 26.0 Å². The molecule has 0 saturated heterocycles. The molecule has 154 valence electrons. The molecule has 0 aromatic carbocycles. The van der Waals surface area contributed by atoms with E-state index in [1.165, 1.54) is 22.9 Å². The smallest absolute Gasteiger partial charge is 0.331 e. The van der Waals surface area contributed by atoms with Gasteiger partial charge in [-0.15, -0.1) is 0 Å². The Balaban J connectivity index is 2.30. The molecule has 1 unspecified atom stereocenters. The molecule has 0 spiro atoms. The minimum atomic E-state index is -3.72. The fourth-order valence-electron chi connectivity index (χ4n) is 2.69. The molecule has 1 aromatic rings. The monoisotopic (exact) mass is 402 g/mol. The number of hydrogen-bond donors (Lipinski definition) is 2. The number of nitrogens with zero attached hydrogens (tertiary/aromatic N) is 1. The highest BCUT2D eigenvalue weighted by Crippen LogP contribution is 2.41. The Morgan fingerprint density at radius 1 is 1.30 bits per heavy atom. The quantitative estimate of drug-likeness (QED) is 0.316. The highest BCUT2D eigenvalue weighted by Gasteiger charge is 2.20. The van der Waals surface area contributed by atoms with Crippen LogP contribution in [0.3, 0.4) is 0 Å². The van der Waals surface area contributed by atoms with Gasteiger partial charge in [0.1, 0.15) is 0 Å². The molecule has 1 aromatic heterocycles. The van der Waals surface area contributed by atoms with Gasteiger partial charge in [-0.05, 0) is 32.6 Å². The van der Waals surface area contributed by atoms with Crippen molar-refractivity contribution in [1.29, 1.82) is 0 Å². The van der Waals surface area contributed by atoms with Crippen molar-refractivity contribution < 1.29 is 18.7 Å². The molecule has 0 fully saturated rings. The van der Waals surface area contributed by atoms with Crippen LogP contribution in [-0.4, -0.2) is 39.4 Å². The normalized spacial score (nSPS) is 14.7. The predicted octanol–water partition coefficient (Wildman–Crippen LogP) is 2.53. The van der Waals surface area contributed by atoms with Crippen molar-refractivity contribution in [1.82, 2.24) is 9.55 Å². The largest absolute Gasteiger partial charge is 0.375 e. The molecule has 2 N–H and O–H groups in total. The van der Waals surface area contributed by atoms with Crippen LogP contribution in [0.15, 0.2) is 34.0 Å². The molecule has 0 radical (unpaired) electrons. The van der Waals surface area contributed by atoms with Crippen LogP contribution in [0.1, 0.15) is 40.5 Å². The Labute approximate surface area is 159 Å². The van der Waals surface area contributed by atoms with Gasteiger partial charge in [0.25, 0.3) is 5.56 Å². The molecule has 9 heteroatoms. The first kappa shape index (κ1) is 23.6. The van der Waals surface area contributed by atoms with Crippen LogP contribution < -0.4 is 11.2 Å². The summed E-state index contributed by atoms with van der Waals surface area (Å²) in [5.74, 6) is 0.535. The third kappa shape index (κ3) is 10.4. The summed E-state index contributed by atoms with van der Waals surface area (Å²) in [7, 11) is -3.72. The van der Waals surface area contributed by atoms with Crippen LogP contribution in [0.4, 0.5) is 0 Å². The molecule has 0 amide bonds.